The zero-order valence-electron chi connectivity index (χ0n) is 15.6. The number of hydrogen-bond donors (Lipinski definition) is 1. The highest BCUT2D eigenvalue weighted by atomic mass is 32.2. The number of thioether (sulfide) groups is 1. The quantitative estimate of drug-likeness (QED) is 0.582. The molecule has 2 aromatic carbocycles. The maximum Gasteiger partial charge on any atom is 0.258 e. The summed E-state index contributed by atoms with van der Waals surface area (Å²) in [5, 5.41) is 0.603. The van der Waals surface area contributed by atoms with Gasteiger partial charge in [-0.05, 0) is 37.6 Å². The fourth-order valence-corrected chi connectivity index (χ4v) is 3.88. The molecule has 1 N–H and O–H groups in total. The van der Waals surface area contributed by atoms with E-state index in [1.54, 1.807) is 18.2 Å². The van der Waals surface area contributed by atoms with Gasteiger partial charge in [-0.25, -0.2) is 9.37 Å². The van der Waals surface area contributed by atoms with E-state index in [-0.39, 0.29) is 11.4 Å². The summed E-state index contributed by atoms with van der Waals surface area (Å²) in [5.74, 6) is 1.25. The second kappa shape index (κ2) is 9.15. The molecule has 27 heavy (non-hydrogen) atoms. The van der Waals surface area contributed by atoms with E-state index in [0.717, 1.165) is 18.7 Å². The van der Waals surface area contributed by atoms with Gasteiger partial charge in [0, 0.05) is 23.2 Å². The number of fused-ring (bicyclic) bond motifs is 1. The molecule has 0 amide bonds. The van der Waals surface area contributed by atoms with Crippen molar-refractivity contribution in [1.82, 2.24) is 14.9 Å². The Labute approximate surface area is 162 Å². The predicted octanol–water partition coefficient (Wildman–Crippen LogP) is 4.46. The van der Waals surface area contributed by atoms with Crippen LogP contribution >= 0.6 is 11.8 Å². The number of aromatic amines is 1. The summed E-state index contributed by atoms with van der Waals surface area (Å²) in [7, 11) is 0. The molecule has 3 aromatic rings. The van der Waals surface area contributed by atoms with Crippen LogP contribution in [0.2, 0.25) is 0 Å². The van der Waals surface area contributed by atoms with Crippen molar-refractivity contribution in [1.29, 1.82) is 0 Å². The lowest BCUT2D eigenvalue weighted by Crippen LogP contribution is -2.35. The van der Waals surface area contributed by atoms with E-state index in [1.807, 2.05) is 24.3 Å². The number of rotatable bonds is 8. The number of para-hydroxylation sites is 1. The number of nitrogens with zero attached hydrogens (tertiary/aromatic N) is 2. The van der Waals surface area contributed by atoms with Crippen molar-refractivity contribution in [3.05, 3.63) is 70.5 Å². The first-order valence-corrected chi connectivity index (χ1v) is 10.2. The monoisotopic (exact) mass is 385 g/mol. The van der Waals surface area contributed by atoms with Crippen LogP contribution in [0.25, 0.3) is 10.9 Å². The number of halogens is 1. The molecule has 0 saturated carbocycles. The largest absolute Gasteiger partial charge is 0.309 e. The Bertz CT molecular complexity index is 959. The van der Waals surface area contributed by atoms with Crippen LogP contribution in [0.3, 0.4) is 0 Å². The van der Waals surface area contributed by atoms with Gasteiger partial charge in [0.15, 0.2) is 0 Å². The zero-order chi connectivity index (χ0) is 19.2. The lowest BCUT2D eigenvalue weighted by Gasteiger charge is -2.27. The van der Waals surface area contributed by atoms with Crippen LogP contribution in [0.4, 0.5) is 4.39 Å². The minimum atomic E-state index is -0.182. The van der Waals surface area contributed by atoms with Gasteiger partial charge in [0.05, 0.1) is 17.4 Å². The molecular weight excluding hydrogens is 361 g/mol. The summed E-state index contributed by atoms with van der Waals surface area (Å²) in [6.07, 6.45) is 0.988. The molecule has 0 aliphatic heterocycles. The molecule has 1 heterocycles. The molecule has 0 saturated heterocycles. The molecule has 0 spiro atoms. The maximum absolute atomic E-state index is 13.8. The molecule has 0 bridgehead atoms. The number of hydrogen-bond acceptors (Lipinski definition) is 4. The molecule has 1 aromatic heterocycles. The molecule has 6 heteroatoms. The lowest BCUT2D eigenvalue weighted by molar-refractivity contribution is 0.203. The third-order valence-electron chi connectivity index (χ3n) is 4.70. The van der Waals surface area contributed by atoms with Gasteiger partial charge in [-0.1, -0.05) is 31.2 Å². The lowest BCUT2D eigenvalue weighted by atomic mass is 10.2. The number of aromatic nitrogens is 2. The van der Waals surface area contributed by atoms with E-state index in [4.69, 9.17) is 0 Å². The normalized spacial score (nSPS) is 12.6. The minimum absolute atomic E-state index is 0.111. The highest BCUT2D eigenvalue weighted by Gasteiger charge is 2.15. The van der Waals surface area contributed by atoms with Crippen LogP contribution in [-0.4, -0.2) is 33.2 Å². The van der Waals surface area contributed by atoms with Gasteiger partial charge in [-0.15, -0.1) is 11.8 Å². The topological polar surface area (TPSA) is 49.0 Å². The first-order chi connectivity index (χ1) is 13.1. The molecule has 4 nitrogen and oxygen atoms in total. The summed E-state index contributed by atoms with van der Waals surface area (Å²) in [6, 6.07) is 14.5. The summed E-state index contributed by atoms with van der Waals surface area (Å²) in [6.45, 7) is 5.64. The van der Waals surface area contributed by atoms with Gasteiger partial charge >= 0.3 is 0 Å². The van der Waals surface area contributed by atoms with E-state index in [2.05, 4.69) is 28.7 Å². The molecule has 0 fully saturated rings. The fraction of sp³-hybridized carbons (Fsp3) is 0.333. The van der Waals surface area contributed by atoms with Crippen molar-refractivity contribution in [2.75, 3.05) is 12.3 Å². The molecule has 1 atom stereocenters. The minimum Gasteiger partial charge on any atom is -0.309 e. The summed E-state index contributed by atoms with van der Waals surface area (Å²) >= 11 is 1.51. The van der Waals surface area contributed by atoms with Crippen LogP contribution in [0.1, 0.15) is 26.1 Å². The molecule has 1 unspecified atom stereocenters. The van der Waals surface area contributed by atoms with Crippen molar-refractivity contribution in [2.24, 2.45) is 0 Å². The highest BCUT2D eigenvalue weighted by molar-refractivity contribution is 7.99. The maximum atomic E-state index is 13.8. The van der Waals surface area contributed by atoms with E-state index >= 15 is 0 Å². The molecule has 0 aliphatic rings. The summed E-state index contributed by atoms with van der Waals surface area (Å²) in [5.41, 5.74) is 0.599. The van der Waals surface area contributed by atoms with Crippen LogP contribution in [0.15, 0.2) is 58.2 Å². The Morgan fingerprint density at radius 2 is 1.93 bits per heavy atom. The first kappa shape index (κ1) is 19.6. The van der Waals surface area contributed by atoms with Crippen LogP contribution in [-0.2, 0) is 6.54 Å². The zero-order valence-corrected chi connectivity index (χ0v) is 16.4. The van der Waals surface area contributed by atoms with E-state index in [9.17, 15) is 9.18 Å². The van der Waals surface area contributed by atoms with Crippen LogP contribution in [0, 0.1) is 5.82 Å². The smallest absolute Gasteiger partial charge is 0.258 e. The van der Waals surface area contributed by atoms with Gasteiger partial charge in [0.1, 0.15) is 11.6 Å². The Hall–Kier alpha value is -2.18. The van der Waals surface area contributed by atoms with Crippen LogP contribution in [0.5, 0.6) is 0 Å². The van der Waals surface area contributed by atoms with Crippen LogP contribution < -0.4 is 5.56 Å². The first-order valence-electron chi connectivity index (χ1n) is 9.17. The number of nitrogens with one attached hydrogen (secondary N) is 1. The van der Waals surface area contributed by atoms with Gasteiger partial charge in [-0.2, -0.15) is 0 Å². The van der Waals surface area contributed by atoms with Gasteiger partial charge in [0.25, 0.3) is 5.56 Å². The average Bonchev–Trinajstić information content (AvgIpc) is 2.68. The fourth-order valence-electron chi connectivity index (χ4n) is 2.95. The third-order valence-corrected chi connectivity index (χ3v) is 5.73. The number of benzene rings is 2. The molecule has 3 rings (SSSR count). The van der Waals surface area contributed by atoms with Crippen molar-refractivity contribution in [3.63, 3.8) is 0 Å². The summed E-state index contributed by atoms with van der Waals surface area (Å²) < 4.78 is 13.8. The van der Waals surface area contributed by atoms with Crippen molar-refractivity contribution in [2.45, 2.75) is 37.8 Å². The second-order valence-corrected chi connectivity index (χ2v) is 7.67. The van der Waals surface area contributed by atoms with Crippen molar-refractivity contribution < 1.29 is 4.39 Å². The average molecular weight is 386 g/mol. The number of H-pyrrole nitrogens is 1. The SMILES string of the molecule is CCC(C)N(CCSc1ccccc1F)Cc1nc2ccccc2c(=O)[nH]1. The second-order valence-electron chi connectivity index (χ2n) is 6.54. The molecule has 142 valence electrons. The van der Waals surface area contributed by atoms with E-state index in [1.165, 1.54) is 17.8 Å². The van der Waals surface area contributed by atoms with Crippen molar-refractivity contribution >= 4 is 22.7 Å². The van der Waals surface area contributed by atoms with Gasteiger partial charge < -0.3 is 4.98 Å². The predicted molar refractivity (Wildman–Crippen MR) is 110 cm³/mol. The molecule has 0 aliphatic carbocycles. The van der Waals surface area contributed by atoms with Crippen molar-refractivity contribution in [3.8, 4) is 0 Å². The highest BCUT2D eigenvalue weighted by Crippen LogP contribution is 2.22. The van der Waals surface area contributed by atoms with Gasteiger partial charge in [-0.3, -0.25) is 9.69 Å². The third kappa shape index (κ3) is 4.96. The van der Waals surface area contributed by atoms with E-state index in [0.29, 0.717) is 34.2 Å². The molecule has 0 radical (unpaired) electrons. The Morgan fingerprint density at radius 1 is 1.19 bits per heavy atom. The Morgan fingerprint density at radius 3 is 2.70 bits per heavy atom. The Kier molecular flexibility index (Phi) is 6.63. The molecular formula is C21H24FN3OS. The standard InChI is InChI=1S/C21H24FN3OS/c1-3-15(2)25(12-13-27-19-11-7-5-9-17(19)22)14-20-23-18-10-6-4-8-16(18)21(26)24-20/h4-11,15H,3,12-14H2,1-2H3,(H,23,24,26). The van der Waals surface area contributed by atoms with E-state index < -0.39 is 0 Å². The Balaban J connectivity index is 1.72. The van der Waals surface area contributed by atoms with Gasteiger partial charge in [0.2, 0.25) is 0 Å². The summed E-state index contributed by atoms with van der Waals surface area (Å²) in [4.78, 5) is 22.8.